The van der Waals surface area contributed by atoms with Gasteiger partial charge in [0.1, 0.15) is 5.75 Å². The highest BCUT2D eigenvalue weighted by Gasteiger charge is 2.34. The van der Waals surface area contributed by atoms with Gasteiger partial charge in [0, 0.05) is 7.11 Å². The first kappa shape index (κ1) is 17.2. The molecule has 0 aromatic heterocycles. The maximum Gasteiger partial charge on any atom is 0.193 e. The van der Waals surface area contributed by atoms with Gasteiger partial charge in [-0.1, -0.05) is 39.8 Å². The molecule has 0 radical (unpaired) electrons. The molecule has 0 unspecified atom stereocenters. The summed E-state index contributed by atoms with van der Waals surface area (Å²) in [5.41, 5.74) is 1.30. The van der Waals surface area contributed by atoms with Gasteiger partial charge in [-0.05, 0) is 54.1 Å². The van der Waals surface area contributed by atoms with Gasteiger partial charge in [0.2, 0.25) is 0 Å². The smallest absolute Gasteiger partial charge is 0.193 e. The van der Waals surface area contributed by atoms with Crippen LogP contribution in [0, 0.1) is 11.8 Å². The van der Waals surface area contributed by atoms with Crippen molar-refractivity contribution in [2.45, 2.75) is 52.2 Å². The van der Waals surface area contributed by atoms with Crippen molar-refractivity contribution in [3.63, 3.8) is 0 Å². The van der Waals surface area contributed by atoms with Crippen LogP contribution in [0.3, 0.4) is 0 Å². The topological polar surface area (TPSA) is 29.5 Å². The van der Waals surface area contributed by atoms with Crippen molar-refractivity contribution < 1.29 is 9.53 Å². The van der Waals surface area contributed by atoms with Crippen LogP contribution in [0.25, 0.3) is 0 Å². The first-order valence-electron chi connectivity index (χ1n) is 7.70. The molecule has 0 fully saturated rings. The lowest BCUT2D eigenvalue weighted by atomic mass is 10.2. The number of hydrogen-bond acceptors (Lipinski definition) is 2. The molecule has 0 aliphatic heterocycles. The van der Waals surface area contributed by atoms with E-state index in [0.717, 1.165) is 6.42 Å². The Morgan fingerprint density at radius 2 is 1.50 bits per heavy atom. The number of aryl methyl sites for hydroxylation is 1. The van der Waals surface area contributed by atoms with Crippen molar-refractivity contribution >= 4 is 8.32 Å². The van der Waals surface area contributed by atoms with Gasteiger partial charge in [0.25, 0.3) is 0 Å². The molecule has 0 aliphatic carbocycles. The van der Waals surface area contributed by atoms with E-state index in [9.17, 15) is 5.11 Å². The lowest BCUT2D eigenvalue weighted by Crippen LogP contribution is -2.40. The Morgan fingerprint density at radius 3 is 1.90 bits per heavy atom. The third-order valence-corrected chi connectivity index (χ3v) is 8.95. The van der Waals surface area contributed by atoms with Gasteiger partial charge >= 0.3 is 0 Å². The SMILES string of the molecule is CO[Si](CCc1ccc(O)cc1)(CC(C)C)CC(C)C. The van der Waals surface area contributed by atoms with E-state index in [1.54, 1.807) is 12.1 Å². The van der Waals surface area contributed by atoms with Gasteiger partial charge in [-0.2, -0.15) is 0 Å². The van der Waals surface area contributed by atoms with Crippen LogP contribution in [0.5, 0.6) is 5.75 Å². The summed E-state index contributed by atoms with van der Waals surface area (Å²) >= 11 is 0. The van der Waals surface area contributed by atoms with Crippen molar-refractivity contribution in [1.29, 1.82) is 0 Å². The molecule has 0 atom stereocenters. The fourth-order valence-electron chi connectivity index (χ4n) is 3.08. The van der Waals surface area contributed by atoms with Crippen LogP contribution in [0.1, 0.15) is 33.3 Å². The highest BCUT2D eigenvalue weighted by Crippen LogP contribution is 2.31. The molecule has 0 saturated heterocycles. The monoisotopic (exact) mass is 294 g/mol. The maximum atomic E-state index is 9.35. The molecule has 1 aromatic rings. The number of phenolic OH excluding ortho intramolecular Hbond substituents is 1. The molecule has 3 heteroatoms. The molecule has 1 N–H and O–H groups in total. The normalized spacial score (nSPS) is 12.3. The third-order valence-electron chi connectivity index (χ3n) is 3.80. The van der Waals surface area contributed by atoms with E-state index in [1.807, 2.05) is 19.2 Å². The molecule has 114 valence electrons. The van der Waals surface area contributed by atoms with Crippen LogP contribution in [0.15, 0.2) is 24.3 Å². The standard InChI is InChI=1S/C17H30O2Si/c1-14(2)12-20(19-5,13-15(3)4)11-10-16-6-8-17(18)9-7-16/h6-9,14-15,18H,10-13H2,1-5H3. The van der Waals surface area contributed by atoms with Gasteiger partial charge in [0.05, 0.1) is 0 Å². The Bertz CT molecular complexity index is 374. The lowest BCUT2D eigenvalue weighted by Gasteiger charge is -2.33. The molecule has 0 amide bonds. The summed E-state index contributed by atoms with van der Waals surface area (Å²) in [5.74, 6) is 1.73. The average molecular weight is 295 g/mol. The zero-order chi connectivity index (χ0) is 15.2. The Labute approximate surface area is 125 Å². The van der Waals surface area contributed by atoms with Crippen molar-refractivity contribution in [3.8, 4) is 5.75 Å². The number of phenols is 1. The molecule has 0 heterocycles. The summed E-state index contributed by atoms with van der Waals surface area (Å²) in [6.45, 7) is 9.17. The van der Waals surface area contributed by atoms with Gasteiger partial charge in [-0.25, -0.2) is 0 Å². The second-order valence-electron chi connectivity index (χ2n) is 6.75. The molecule has 0 spiro atoms. The molecule has 1 aromatic carbocycles. The lowest BCUT2D eigenvalue weighted by molar-refractivity contribution is 0.373. The van der Waals surface area contributed by atoms with Crippen molar-refractivity contribution in [2.24, 2.45) is 11.8 Å². The number of aromatic hydroxyl groups is 1. The van der Waals surface area contributed by atoms with Gasteiger partial charge in [-0.3, -0.25) is 0 Å². The van der Waals surface area contributed by atoms with Crippen LogP contribution >= 0.6 is 0 Å². The van der Waals surface area contributed by atoms with Crippen LogP contribution in [0.4, 0.5) is 0 Å². The molecule has 0 bridgehead atoms. The highest BCUT2D eigenvalue weighted by molar-refractivity contribution is 6.73. The Hall–Kier alpha value is -0.803. The van der Waals surface area contributed by atoms with Gasteiger partial charge in [0.15, 0.2) is 8.32 Å². The minimum atomic E-state index is -1.65. The molecular formula is C17H30O2Si. The van der Waals surface area contributed by atoms with Crippen molar-refractivity contribution in [2.75, 3.05) is 7.11 Å². The van der Waals surface area contributed by atoms with E-state index >= 15 is 0 Å². The first-order chi connectivity index (χ1) is 9.37. The summed E-state index contributed by atoms with van der Waals surface area (Å²) in [6.07, 6.45) is 1.06. The van der Waals surface area contributed by atoms with Gasteiger partial charge in [-0.15, -0.1) is 0 Å². The summed E-state index contributed by atoms with van der Waals surface area (Å²) in [5, 5.41) is 9.35. The molecular weight excluding hydrogens is 264 g/mol. The zero-order valence-electron chi connectivity index (χ0n) is 13.6. The van der Waals surface area contributed by atoms with Crippen LogP contribution in [0.2, 0.25) is 18.1 Å². The predicted molar refractivity (Wildman–Crippen MR) is 88.7 cm³/mol. The van der Waals surface area contributed by atoms with Crippen molar-refractivity contribution in [1.82, 2.24) is 0 Å². The molecule has 20 heavy (non-hydrogen) atoms. The third kappa shape index (κ3) is 5.67. The summed E-state index contributed by atoms with van der Waals surface area (Å²) < 4.78 is 6.09. The van der Waals surface area contributed by atoms with Gasteiger partial charge < -0.3 is 9.53 Å². The number of rotatable bonds is 8. The summed E-state index contributed by atoms with van der Waals surface area (Å²) in [7, 11) is 0.256. The highest BCUT2D eigenvalue weighted by atomic mass is 28.4. The van der Waals surface area contributed by atoms with E-state index in [1.165, 1.54) is 23.7 Å². The van der Waals surface area contributed by atoms with E-state index in [2.05, 4.69) is 27.7 Å². The minimum Gasteiger partial charge on any atom is -0.508 e. The first-order valence-corrected chi connectivity index (χ1v) is 10.2. The molecule has 1 rings (SSSR count). The largest absolute Gasteiger partial charge is 0.508 e. The van der Waals surface area contributed by atoms with Crippen LogP contribution in [-0.2, 0) is 10.8 Å². The summed E-state index contributed by atoms with van der Waals surface area (Å²) in [6, 6.07) is 11.2. The average Bonchev–Trinajstić information content (AvgIpc) is 2.36. The minimum absolute atomic E-state index is 0.341. The van der Waals surface area contributed by atoms with E-state index < -0.39 is 8.32 Å². The fourth-order valence-corrected chi connectivity index (χ4v) is 7.91. The number of benzene rings is 1. The van der Waals surface area contributed by atoms with E-state index in [0.29, 0.717) is 17.6 Å². The Balaban J connectivity index is 2.74. The Morgan fingerprint density at radius 1 is 1.00 bits per heavy atom. The Kier molecular flexibility index (Phi) is 6.76. The van der Waals surface area contributed by atoms with E-state index in [4.69, 9.17) is 4.43 Å². The summed E-state index contributed by atoms with van der Waals surface area (Å²) in [4.78, 5) is 0. The predicted octanol–water partition coefficient (Wildman–Crippen LogP) is 4.84. The van der Waals surface area contributed by atoms with Crippen LogP contribution in [-0.4, -0.2) is 20.5 Å². The van der Waals surface area contributed by atoms with E-state index in [-0.39, 0.29) is 0 Å². The zero-order valence-corrected chi connectivity index (χ0v) is 14.6. The molecule has 0 saturated carbocycles. The quantitative estimate of drug-likeness (QED) is 0.695. The number of hydrogen-bond donors (Lipinski definition) is 1. The van der Waals surface area contributed by atoms with Crippen LogP contribution < -0.4 is 0 Å². The maximum absolute atomic E-state index is 9.35. The van der Waals surface area contributed by atoms with Crippen molar-refractivity contribution in [3.05, 3.63) is 29.8 Å². The molecule has 2 nitrogen and oxygen atoms in total. The fraction of sp³-hybridized carbons (Fsp3) is 0.647. The molecule has 0 aliphatic rings. The second-order valence-corrected chi connectivity index (χ2v) is 10.8. The second kappa shape index (κ2) is 7.84.